The van der Waals surface area contributed by atoms with Crippen molar-refractivity contribution in [3.63, 3.8) is 0 Å². The van der Waals surface area contributed by atoms with E-state index in [2.05, 4.69) is 0 Å². The van der Waals surface area contributed by atoms with Crippen LogP contribution in [0.2, 0.25) is 0 Å². The second-order valence-electron chi connectivity index (χ2n) is 6.27. The molecule has 6 heteroatoms. The van der Waals surface area contributed by atoms with Crippen LogP contribution in [0.5, 0.6) is 0 Å². The molecule has 0 aliphatic rings. The minimum atomic E-state index is -0.818. The molecule has 0 saturated carbocycles. The molecule has 0 aliphatic carbocycles. The lowest BCUT2D eigenvalue weighted by Gasteiger charge is -2.12. The molecule has 0 radical (unpaired) electrons. The van der Waals surface area contributed by atoms with Crippen LogP contribution in [0.4, 0.5) is 0 Å². The summed E-state index contributed by atoms with van der Waals surface area (Å²) in [5.74, 6) is -2.30. The monoisotopic (exact) mass is 382 g/mol. The van der Waals surface area contributed by atoms with Crippen LogP contribution in [0.3, 0.4) is 0 Å². The SMILES string of the molecule is Cc1cccc(C(=O)OCCCOC(=O)C(C)C=O)c1C(=O)c1ccccc1. The number of carbonyl (C=O) groups excluding carboxylic acids is 4. The molecule has 1 atom stereocenters. The summed E-state index contributed by atoms with van der Waals surface area (Å²) in [7, 11) is 0. The summed E-state index contributed by atoms with van der Waals surface area (Å²) in [6.45, 7) is 3.27. The van der Waals surface area contributed by atoms with Crippen molar-refractivity contribution in [3.8, 4) is 0 Å². The topological polar surface area (TPSA) is 86.7 Å². The second-order valence-corrected chi connectivity index (χ2v) is 6.27. The normalized spacial score (nSPS) is 11.4. The van der Waals surface area contributed by atoms with Crippen molar-refractivity contribution in [2.45, 2.75) is 20.3 Å². The van der Waals surface area contributed by atoms with Crippen molar-refractivity contribution < 1.29 is 28.7 Å². The van der Waals surface area contributed by atoms with E-state index in [1.165, 1.54) is 6.92 Å². The lowest BCUT2D eigenvalue weighted by molar-refractivity contribution is -0.149. The number of ether oxygens (including phenoxy) is 2. The molecule has 28 heavy (non-hydrogen) atoms. The van der Waals surface area contributed by atoms with E-state index in [-0.39, 0.29) is 31.0 Å². The predicted octanol–water partition coefficient (Wildman–Crippen LogP) is 3.15. The average Bonchev–Trinajstić information content (AvgIpc) is 2.72. The van der Waals surface area contributed by atoms with E-state index in [1.54, 1.807) is 49.4 Å². The van der Waals surface area contributed by atoms with Crippen LogP contribution >= 0.6 is 0 Å². The van der Waals surface area contributed by atoms with Crippen LogP contribution in [0, 0.1) is 12.8 Å². The van der Waals surface area contributed by atoms with E-state index >= 15 is 0 Å². The van der Waals surface area contributed by atoms with Gasteiger partial charge in [-0.1, -0.05) is 42.5 Å². The maximum absolute atomic E-state index is 12.8. The van der Waals surface area contributed by atoms with E-state index in [9.17, 15) is 19.2 Å². The number of hydrogen-bond donors (Lipinski definition) is 0. The second kappa shape index (κ2) is 10.2. The van der Waals surface area contributed by atoms with Gasteiger partial charge < -0.3 is 14.3 Å². The fourth-order valence-corrected chi connectivity index (χ4v) is 2.53. The Morgan fingerprint density at radius 1 is 0.964 bits per heavy atom. The highest BCUT2D eigenvalue weighted by Crippen LogP contribution is 2.20. The molecule has 0 spiro atoms. The van der Waals surface area contributed by atoms with Gasteiger partial charge in [0.1, 0.15) is 12.2 Å². The van der Waals surface area contributed by atoms with Crippen LogP contribution in [0.1, 0.15) is 45.2 Å². The van der Waals surface area contributed by atoms with E-state index in [0.29, 0.717) is 23.0 Å². The third-order valence-corrected chi connectivity index (χ3v) is 4.10. The molecule has 0 aromatic heterocycles. The Bertz CT molecular complexity index is 857. The highest BCUT2D eigenvalue weighted by molar-refractivity contribution is 6.15. The first-order valence-electron chi connectivity index (χ1n) is 8.94. The van der Waals surface area contributed by atoms with Crippen molar-refractivity contribution >= 4 is 24.0 Å². The van der Waals surface area contributed by atoms with Gasteiger partial charge in [-0.05, 0) is 25.5 Å². The average molecular weight is 382 g/mol. The fraction of sp³-hybridized carbons (Fsp3) is 0.273. The molecule has 1 unspecified atom stereocenters. The highest BCUT2D eigenvalue weighted by Gasteiger charge is 2.21. The number of carbonyl (C=O) groups is 4. The number of aryl methyl sites for hydroxylation is 1. The number of rotatable bonds is 9. The summed E-state index contributed by atoms with van der Waals surface area (Å²) in [5.41, 5.74) is 1.67. The van der Waals surface area contributed by atoms with Crippen molar-refractivity contribution in [3.05, 3.63) is 70.8 Å². The van der Waals surface area contributed by atoms with E-state index < -0.39 is 17.9 Å². The van der Waals surface area contributed by atoms with E-state index in [0.717, 1.165) is 0 Å². The Morgan fingerprint density at radius 3 is 2.32 bits per heavy atom. The summed E-state index contributed by atoms with van der Waals surface area (Å²) in [6, 6.07) is 13.7. The summed E-state index contributed by atoms with van der Waals surface area (Å²) < 4.78 is 10.1. The molecule has 2 aromatic rings. The minimum absolute atomic E-state index is 0.0223. The van der Waals surface area contributed by atoms with Gasteiger partial charge in [0, 0.05) is 17.5 Å². The Balaban J connectivity index is 2.00. The number of esters is 2. The molecule has 0 saturated heterocycles. The summed E-state index contributed by atoms with van der Waals surface area (Å²) >= 11 is 0. The molecule has 0 bridgehead atoms. The molecule has 0 aliphatic heterocycles. The quantitative estimate of drug-likeness (QED) is 0.218. The van der Waals surface area contributed by atoms with Crippen molar-refractivity contribution in [2.75, 3.05) is 13.2 Å². The van der Waals surface area contributed by atoms with Crippen molar-refractivity contribution in [2.24, 2.45) is 5.92 Å². The third kappa shape index (κ3) is 5.36. The predicted molar refractivity (Wildman–Crippen MR) is 102 cm³/mol. The first-order valence-corrected chi connectivity index (χ1v) is 8.94. The smallest absolute Gasteiger partial charge is 0.338 e. The Kier molecular flexibility index (Phi) is 7.63. The minimum Gasteiger partial charge on any atom is -0.465 e. The molecule has 2 rings (SSSR count). The zero-order chi connectivity index (χ0) is 20.5. The fourth-order valence-electron chi connectivity index (χ4n) is 2.53. The molecular formula is C22H22O6. The Morgan fingerprint density at radius 2 is 1.64 bits per heavy atom. The molecule has 0 amide bonds. The lowest BCUT2D eigenvalue weighted by Crippen LogP contribution is -2.18. The standard InChI is InChI=1S/C22H22O6/c1-15-8-6-11-18(19(15)20(24)17-9-4-3-5-10-17)22(26)28-13-7-12-27-21(25)16(2)14-23/h3-6,8-11,14,16H,7,12-13H2,1-2H3. The maximum atomic E-state index is 12.8. The van der Waals surface area contributed by atoms with Gasteiger partial charge in [0.2, 0.25) is 0 Å². The number of hydrogen-bond acceptors (Lipinski definition) is 6. The van der Waals surface area contributed by atoms with Gasteiger partial charge in [0.15, 0.2) is 5.78 Å². The van der Waals surface area contributed by atoms with E-state index in [1.807, 2.05) is 6.07 Å². The largest absolute Gasteiger partial charge is 0.465 e. The number of ketones is 1. The summed E-state index contributed by atoms with van der Waals surface area (Å²) in [5, 5.41) is 0. The van der Waals surface area contributed by atoms with Gasteiger partial charge in [0.25, 0.3) is 0 Å². The molecule has 0 fully saturated rings. The zero-order valence-corrected chi connectivity index (χ0v) is 15.8. The Labute approximate surface area is 163 Å². The summed E-state index contributed by atoms with van der Waals surface area (Å²) in [4.78, 5) is 47.2. The molecule has 0 N–H and O–H groups in total. The molecular weight excluding hydrogens is 360 g/mol. The Hall–Kier alpha value is -3.28. The van der Waals surface area contributed by atoms with Crippen LogP contribution in [0.15, 0.2) is 48.5 Å². The first kappa shape index (κ1) is 21.0. The maximum Gasteiger partial charge on any atom is 0.338 e. The molecule has 146 valence electrons. The van der Waals surface area contributed by atoms with Gasteiger partial charge in [-0.15, -0.1) is 0 Å². The van der Waals surface area contributed by atoms with E-state index in [4.69, 9.17) is 9.47 Å². The van der Waals surface area contributed by atoms with Gasteiger partial charge in [0.05, 0.1) is 18.8 Å². The molecule has 0 heterocycles. The van der Waals surface area contributed by atoms with Gasteiger partial charge >= 0.3 is 11.9 Å². The van der Waals surface area contributed by atoms with Crippen molar-refractivity contribution in [1.29, 1.82) is 0 Å². The zero-order valence-electron chi connectivity index (χ0n) is 15.8. The van der Waals surface area contributed by atoms with Crippen LogP contribution in [0.25, 0.3) is 0 Å². The van der Waals surface area contributed by atoms with Crippen LogP contribution < -0.4 is 0 Å². The van der Waals surface area contributed by atoms with Gasteiger partial charge in [-0.2, -0.15) is 0 Å². The highest BCUT2D eigenvalue weighted by atomic mass is 16.5. The number of aldehydes is 1. The van der Waals surface area contributed by atoms with Gasteiger partial charge in [-0.25, -0.2) is 4.79 Å². The molecule has 2 aromatic carbocycles. The van der Waals surface area contributed by atoms with Crippen LogP contribution in [-0.4, -0.2) is 37.2 Å². The molecule has 6 nitrogen and oxygen atoms in total. The summed E-state index contributed by atoms with van der Waals surface area (Å²) in [6.07, 6.45) is 0.794. The lowest BCUT2D eigenvalue weighted by atomic mass is 9.94. The third-order valence-electron chi connectivity index (χ3n) is 4.10. The van der Waals surface area contributed by atoms with Gasteiger partial charge in [-0.3, -0.25) is 9.59 Å². The first-order chi connectivity index (χ1) is 13.5. The van der Waals surface area contributed by atoms with Crippen LogP contribution in [-0.2, 0) is 19.1 Å². The number of benzene rings is 2. The van der Waals surface area contributed by atoms with Crippen molar-refractivity contribution in [1.82, 2.24) is 0 Å².